The van der Waals surface area contributed by atoms with E-state index in [4.69, 9.17) is 0 Å². The lowest BCUT2D eigenvalue weighted by Gasteiger charge is -2.28. The average molecular weight is 329 g/mol. The Kier molecular flexibility index (Phi) is 4.55. The summed E-state index contributed by atoms with van der Waals surface area (Å²) in [5.74, 6) is 0.485. The van der Waals surface area contributed by atoms with Crippen LogP contribution in [0.1, 0.15) is 30.9 Å². The summed E-state index contributed by atoms with van der Waals surface area (Å²) in [5, 5.41) is 0. The monoisotopic (exact) mass is 329 g/mol. The molecule has 2 aromatic rings. The van der Waals surface area contributed by atoms with Gasteiger partial charge in [-0.25, -0.2) is 8.42 Å². The largest absolute Gasteiger partial charge is 0.243 e. The van der Waals surface area contributed by atoms with Gasteiger partial charge in [-0.1, -0.05) is 48.0 Å². The maximum atomic E-state index is 13.1. The Bertz CT molecular complexity index is 750. The van der Waals surface area contributed by atoms with Crippen molar-refractivity contribution in [1.29, 1.82) is 0 Å². The molecule has 0 saturated heterocycles. The van der Waals surface area contributed by atoms with Gasteiger partial charge in [0.05, 0.1) is 4.90 Å². The molecule has 0 amide bonds. The van der Waals surface area contributed by atoms with Crippen molar-refractivity contribution in [3.05, 3.63) is 65.7 Å². The molecule has 1 unspecified atom stereocenters. The highest BCUT2D eigenvalue weighted by atomic mass is 32.2. The molecule has 23 heavy (non-hydrogen) atoms. The highest BCUT2D eigenvalue weighted by molar-refractivity contribution is 7.89. The molecule has 122 valence electrons. The molecule has 2 aromatic carbocycles. The standard InChI is InChI=1S/C19H23NO2S/c1-15-8-12-19(13-9-15)23(21,22)20(16(2)18-10-11-18)14-17-6-4-3-5-7-17/h3-9,12-13,16,18H,10-11,14H2,1-2H3. The summed E-state index contributed by atoms with van der Waals surface area (Å²) >= 11 is 0. The summed E-state index contributed by atoms with van der Waals surface area (Å²) < 4.78 is 28.0. The lowest BCUT2D eigenvalue weighted by Crippen LogP contribution is -2.39. The molecule has 0 spiro atoms. The Balaban J connectivity index is 1.94. The Hall–Kier alpha value is -1.65. The first-order chi connectivity index (χ1) is 11.0. The molecule has 1 aliphatic carbocycles. The molecule has 1 fully saturated rings. The summed E-state index contributed by atoms with van der Waals surface area (Å²) in [5.41, 5.74) is 2.09. The van der Waals surface area contributed by atoms with Crippen LogP contribution < -0.4 is 0 Å². The van der Waals surface area contributed by atoms with Crippen molar-refractivity contribution in [2.45, 2.75) is 44.2 Å². The highest BCUT2D eigenvalue weighted by Gasteiger charge is 2.38. The Morgan fingerprint density at radius 2 is 1.65 bits per heavy atom. The van der Waals surface area contributed by atoms with Crippen LogP contribution in [0.3, 0.4) is 0 Å². The molecule has 0 radical (unpaired) electrons. The van der Waals surface area contributed by atoms with Crippen molar-refractivity contribution in [3.8, 4) is 0 Å². The first-order valence-corrected chi connectivity index (χ1v) is 9.55. The average Bonchev–Trinajstić information content (AvgIpc) is 3.38. The predicted molar refractivity (Wildman–Crippen MR) is 92.5 cm³/mol. The fourth-order valence-electron chi connectivity index (χ4n) is 2.87. The number of rotatable bonds is 6. The fourth-order valence-corrected chi connectivity index (χ4v) is 4.55. The molecule has 0 N–H and O–H groups in total. The molecule has 0 heterocycles. The van der Waals surface area contributed by atoms with Gasteiger partial charge in [0.15, 0.2) is 0 Å². The van der Waals surface area contributed by atoms with E-state index < -0.39 is 10.0 Å². The highest BCUT2D eigenvalue weighted by Crippen LogP contribution is 2.37. The van der Waals surface area contributed by atoms with Crippen LogP contribution in [-0.4, -0.2) is 18.8 Å². The molecular weight excluding hydrogens is 306 g/mol. The second-order valence-electron chi connectivity index (χ2n) is 6.43. The minimum absolute atomic E-state index is 0.0292. The minimum atomic E-state index is -3.49. The summed E-state index contributed by atoms with van der Waals surface area (Å²) in [6, 6.07) is 17.0. The van der Waals surface area contributed by atoms with Crippen LogP contribution in [0.25, 0.3) is 0 Å². The van der Waals surface area contributed by atoms with Gasteiger partial charge in [0.2, 0.25) is 10.0 Å². The van der Waals surface area contributed by atoms with Crippen molar-refractivity contribution in [2.24, 2.45) is 5.92 Å². The topological polar surface area (TPSA) is 37.4 Å². The lowest BCUT2D eigenvalue weighted by atomic mass is 10.2. The van der Waals surface area contributed by atoms with E-state index >= 15 is 0 Å². The van der Waals surface area contributed by atoms with Gasteiger partial charge in [-0.2, -0.15) is 4.31 Å². The molecule has 0 aliphatic heterocycles. The van der Waals surface area contributed by atoms with Gasteiger partial charge in [0.25, 0.3) is 0 Å². The van der Waals surface area contributed by atoms with E-state index in [0.29, 0.717) is 17.4 Å². The lowest BCUT2D eigenvalue weighted by molar-refractivity contribution is 0.303. The van der Waals surface area contributed by atoms with Gasteiger partial charge in [-0.15, -0.1) is 0 Å². The predicted octanol–water partition coefficient (Wildman–Crippen LogP) is 3.98. The maximum Gasteiger partial charge on any atom is 0.243 e. The van der Waals surface area contributed by atoms with Crippen LogP contribution in [0.15, 0.2) is 59.5 Å². The van der Waals surface area contributed by atoms with Crippen molar-refractivity contribution in [2.75, 3.05) is 0 Å². The van der Waals surface area contributed by atoms with Gasteiger partial charge < -0.3 is 0 Å². The van der Waals surface area contributed by atoms with E-state index in [1.165, 1.54) is 0 Å². The van der Waals surface area contributed by atoms with Gasteiger partial charge in [-0.3, -0.25) is 0 Å². The second-order valence-corrected chi connectivity index (χ2v) is 8.32. The SMILES string of the molecule is Cc1ccc(S(=O)(=O)N(Cc2ccccc2)C(C)C2CC2)cc1. The molecule has 4 heteroatoms. The summed E-state index contributed by atoms with van der Waals surface area (Å²) in [7, 11) is -3.49. The fraction of sp³-hybridized carbons (Fsp3) is 0.368. The third-order valence-corrected chi connectivity index (χ3v) is 6.51. The van der Waals surface area contributed by atoms with Gasteiger partial charge in [0, 0.05) is 12.6 Å². The van der Waals surface area contributed by atoms with E-state index in [2.05, 4.69) is 0 Å². The van der Waals surface area contributed by atoms with Gasteiger partial charge >= 0.3 is 0 Å². The zero-order valence-electron chi connectivity index (χ0n) is 13.6. The van der Waals surface area contributed by atoms with E-state index in [0.717, 1.165) is 24.0 Å². The van der Waals surface area contributed by atoms with E-state index in [-0.39, 0.29) is 6.04 Å². The zero-order chi connectivity index (χ0) is 16.4. The molecular formula is C19H23NO2S. The van der Waals surface area contributed by atoms with E-state index in [1.807, 2.05) is 56.3 Å². The maximum absolute atomic E-state index is 13.1. The third kappa shape index (κ3) is 3.65. The summed E-state index contributed by atoms with van der Waals surface area (Å²) in [6.45, 7) is 4.42. The van der Waals surface area contributed by atoms with Crippen molar-refractivity contribution < 1.29 is 8.42 Å². The molecule has 1 atom stereocenters. The second kappa shape index (κ2) is 6.46. The Labute approximate surface area is 139 Å². The molecule has 0 aromatic heterocycles. The van der Waals surface area contributed by atoms with Crippen molar-refractivity contribution in [1.82, 2.24) is 4.31 Å². The van der Waals surface area contributed by atoms with Crippen LogP contribution in [-0.2, 0) is 16.6 Å². The molecule has 3 nitrogen and oxygen atoms in total. The van der Waals surface area contributed by atoms with Crippen LogP contribution in [0.2, 0.25) is 0 Å². The van der Waals surface area contributed by atoms with Crippen LogP contribution in [0.5, 0.6) is 0 Å². The quantitative estimate of drug-likeness (QED) is 0.804. The number of hydrogen-bond acceptors (Lipinski definition) is 2. The van der Waals surface area contributed by atoms with Crippen LogP contribution in [0, 0.1) is 12.8 Å². The molecule has 1 saturated carbocycles. The smallest absolute Gasteiger partial charge is 0.207 e. The summed E-state index contributed by atoms with van der Waals surface area (Å²) in [4.78, 5) is 0.381. The number of nitrogens with zero attached hydrogens (tertiary/aromatic N) is 1. The first-order valence-electron chi connectivity index (χ1n) is 8.11. The number of sulfonamides is 1. The van der Waals surface area contributed by atoms with Crippen molar-refractivity contribution >= 4 is 10.0 Å². The number of benzene rings is 2. The number of hydrogen-bond donors (Lipinski definition) is 0. The first kappa shape index (κ1) is 16.2. The van der Waals surface area contributed by atoms with E-state index in [1.54, 1.807) is 16.4 Å². The summed E-state index contributed by atoms with van der Waals surface area (Å²) in [6.07, 6.45) is 2.24. The molecule has 0 bridgehead atoms. The minimum Gasteiger partial charge on any atom is -0.207 e. The molecule has 3 rings (SSSR count). The zero-order valence-corrected chi connectivity index (χ0v) is 14.5. The van der Waals surface area contributed by atoms with Crippen LogP contribution in [0.4, 0.5) is 0 Å². The van der Waals surface area contributed by atoms with Gasteiger partial charge in [-0.05, 0) is 50.3 Å². The van der Waals surface area contributed by atoms with Gasteiger partial charge in [0.1, 0.15) is 0 Å². The Morgan fingerprint density at radius 3 is 2.22 bits per heavy atom. The van der Waals surface area contributed by atoms with Crippen LogP contribution >= 0.6 is 0 Å². The third-order valence-electron chi connectivity index (χ3n) is 4.57. The number of aryl methyl sites for hydroxylation is 1. The Morgan fingerprint density at radius 1 is 1.04 bits per heavy atom. The normalized spacial score (nSPS) is 16.5. The van der Waals surface area contributed by atoms with E-state index in [9.17, 15) is 8.42 Å². The van der Waals surface area contributed by atoms with Crippen molar-refractivity contribution in [3.63, 3.8) is 0 Å². The molecule has 1 aliphatic rings.